The van der Waals surface area contributed by atoms with Gasteiger partial charge < -0.3 is 4.40 Å². The van der Waals surface area contributed by atoms with Crippen LogP contribution in [-0.4, -0.2) is 29.0 Å². The van der Waals surface area contributed by atoms with Crippen molar-refractivity contribution in [2.45, 2.75) is 17.8 Å². The fraction of sp³-hybridized carbons (Fsp3) is 0.0833. The Morgan fingerprint density at radius 1 is 0.871 bits per heavy atom. The van der Waals surface area contributed by atoms with E-state index in [4.69, 9.17) is 9.97 Å². The van der Waals surface area contributed by atoms with Crippen LogP contribution in [-0.2, 0) is 5.75 Å². The fourth-order valence-corrected chi connectivity index (χ4v) is 4.56. The molecule has 0 atom stereocenters. The average molecular weight is 423 g/mol. The molecule has 0 saturated heterocycles. The molecule has 0 fully saturated rings. The second-order valence-electron chi connectivity index (χ2n) is 7.45. The number of benzene rings is 2. The van der Waals surface area contributed by atoms with Crippen LogP contribution in [0.3, 0.4) is 0 Å². The van der Waals surface area contributed by atoms with E-state index in [2.05, 4.69) is 52.0 Å². The van der Waals surface area contributed by atoms with Crippen molar-refractivity contribution in [3.8, 4) is 11.4 Å². The predicted molar refractivity (Wildman–Crippen MR) is 123 cm³/mol. The van der Waals surface area contributed by atoms with Gasteiger partial charge in [-0.1, -0.05) is 59.8 Å². The molecule has 0 saturated carbocycles. The van der Waals surface area contributed by atoms with E-state index in [1.54, 1.807) is 11.8 Å². The van der Waals surface area contributed by atoms with Crippen molar-refractivity contribution in [2.75, 3.05) is 0 Å². The van der Waals surface area contributed by atoms with Gasteiger partial charge in [-0.15, -0.1) is 10.2 Å². The summed E-state index contributed by atoms with van der Waals surface area (Å²) < 4.78 is 4.10. The number of para-hydroxylation sites is 1. The van der Waals surface area contributed by atoms with Crippen LogP contribution >= 0.6 is 11.8 Å². The number of nitrogens with zero attached hydrogens (tertiary/aromatic N) is 6. The van der Waals surface area contributed by atoms with Crippen molar-refractivity contribution in [3.63, 3.8) is 0 Å². The molecule has 6 rings (SSSR count). The summed E-state index contributed by atoms with van der Waals surface area (Å²) in [4.78, 5) is 9.68. The molecule has 6 aromatic rings. The lowest BCUT2D eigenvalue weighted by Crippen LogP contribution is -1.99. The Morgan fingerprint density at radius 2 is 1.71 bits per heavy atom. The zero-order chi connectivity index (χ0) is 20.8. The van der Waals surface area contributed by atoms with E-state index >= 15 is 0 Å². The van der Waals surface area contributed by atoms with E-state index in [9.17, 15) is 0 Å². The third kappa shape index (κ3) is 3.14. The molecule has 6 nitrogen and oxygen atoms in total. The number of thioether (sulfide) groups is 1. The van der Waals surface area contributed by atoms with E-state index < -0.39 is 0 Å². The van der Waals surface area contributed by atoms with E-state index in [0.29, 0.717) is 5.75 Å². The summed E-state index contributed by atoms with van der Waals surface area (Å²) in [5.41, 5.74) is 5.92. The number of aryl methyl sites for hydroxylation is 1. The van der Waals surface area contributed by atoms with Gasteiger partial charge in [-0.05, 0) is 31.2 Å². The summed E-state index contributed by atoms with van der Waals surface area (Å²) in [5.74, 6) is 1.54. The smallest absolute Gasteiger partial charge is 0.197 e. The topological polar surface area (TPSA) is 60.4 Å². The van der Waals surface area contributed by atoms with Crippen molar-refractivity contribution >= 4 is 34.0 Å². The normalized spacial score (nSPS) is 11.6. The molecule has 0 aliphatic carbocycles. The van der Waals surface area contributed by atoms with Crippen LogP contribution in [0.5, 0.6) is 0 Å². The number of hydrogen-bond donors (Lipinski definition) is 0. The zero-order valence-electron chi connectivity index (χ0n) is 16.8. The Kier molecular flexibility index (Phi) is 4.21. The fourth-order valence-electron chi connectivity index (χ4n) is 3.74. The number of rotatable bonds is 4. The third-order valence-corrected chi connectivity index (χ3v) is 6.25. The molecule has 0 unspecified atom stereocenters. The van der Waals surface area contributed by atoms with Crippen LogP contribution in [0.1, 0.15) is 11.3 Å². The van der Waals surface area contributed by atoms with E-state index in [1.807, 2.05) is 53.1 Å². The molecule has 0 amide bonds. The molecule has 2 aromatic carbocycles. The van der Waals surface area contributed by atoms with E-state index in [1.165, 1.54) is 5.56 Å². The Hall–Kier alpha value is -3.71. The van der Waals surface area contributed by atoms with Crippen LogP contribution < -0.4 is 0 Å². The lowest BCUT2D eigenvalue weighted by atomic mass is 10.1. The van der Waals surface area contributed by atoms with Gasteiger partial charge in [-0.25, -0.2) is 9.97 Å². The summed E-state index contributed by atoms with van der Waals surface area (Å²) in [6, 6.07) is 22.5. The molecule has 0 N–H and O–H groups in total. The summed E-state index contributed by atoms with van der Waals surface area (Å²) in [6.45, 7) is 2.09. The second-order valence-corrected chi connectivity index (χ2v) is 8.39. The van der Waals surface area contributed by atoms with Crippen LogP contribution in [0.25, 0.3) is 33.6 Å². The highest BCUT2D eigenvalue weighted by atomic mass is 32.2. The van der Waals surface area contributed by atoms with Gasteiger partial charge in [0, 0.05) is 29.1 Å². The van der Waals surface area contributed by atoms with Crippen molar-refractivity contribution in [1.29, 1.82) is 0 Å². The minimum absolute atomic E-state index is 0.697. The maximum atomic E-state index is 4.98. The first-order valence-electron chi connectivity index (χ1n) is 10.0. The monoisotopic (exact) mass is 422 g/mol. The molecular weight excluding hydrogens is 404 g/mol. The van der Waals surface area contributed by atoms with Gasteiger partial charge in [0.25, 0.3) is 0 Å². The first kappa shape index (κ1) is 18.1. The SMILES string of the molecule is Cc1ccc(-c2nc3ccccc3c3nnc(SCc4cn5ccccc5n4)n23)cc1. The highest BCUT2D eigenvalue weighted by molar-refractivity contribution is 7.98. The first-order valence-corrected chi connectivity index (χ1v) is 11.0. The molecule has 0 radical (unpaired) electrons. The van der Waals surface area contributed by atoms with Crippen LogP contribution in [0.4, 0.5) is 0 Å². The lowest BCUT2D eigenvalue weighted by molar-refractivity contribution is 0.912. The van der Waals surface area contributed by atoms with Gasteiger partial charge in [0.05, 0.1) is 11.2 Å². The quantitative estimate of drug-likeness (QED) is 0.366. The molecule has 0 spiro atoms. The number of pyridine rings is 1. The van der Waals surface area contributed by atoms with Crippen molar-refractivity contribution in [1.82, 2.24) is 29.0 Å². The Morgan fingerprint density at radius 3 is 2.58 bits per heavy atom. The maximum Gasteiger partial charge on any atom is 0.197 e. The summed E-state index contributed by atoms with van der Waals surface area (Å²) in [6.07, 6.45) is 4.06. The van der Waals surface area contributed by atoms with Gasteiger partial charge in [0.1, 0.15) is 11.5 Å². The molecule has 150 valence electrons. The van der Waals surface area contributed by atoms with Crippen LogP contribution in [0.2, 0.25) is 0 Å². The van der Waals surface area contributed by atoms with Crippen molar-refractivity contribution in [3.05, 3.63) is 90.4 Å². The van der Waals surface area contributed by atoms with Gasteiger partial charge in [0.2, 0.25) is 0 Å². The molecule has 7 heteroatoms. The summed E-state index contributed by atoms with van der Waals surface area (Å²) in [7, 11) is 0. The highest BCUT2D eigenvalue weighted by Gasteiger charge is 2.17. The largest absolute Gasteiger partial charge is 0.307 e. The maximum absolute atomic E-state index is 4.98. The predicted octanol–water partition coefficient (Wildman–Crippen LogP) is 5.19. The number of fused-ring (bicyclic) bond motifs is 4. The minimum Gasteiger partial charge on any atom is -0.307 e. The molecule has 4 aromatic heterocycles. The third-order valence-electron chi connectivity index (χ3n) is 5.29. The summed E-state index contributed by atoms with van der Waals surface area (Å²) >= 11 is 1.62. The van der Waals surface area contributed by atoms with Gasteiger partial charge in [-0.2, -0.15) is 0 Å². The second kappa shape index (κ2) is 7.21. The molecule has 31 heavy (non-hydrogen) atoms. The molecular formula is C24H18N6S. The van der Waals surface area contributed by atoms with Crippen LogP contribution in [0.15, 0.2) is 84.3 Å². The van der Waals surface area contributed by atoms with Crippen molar-refractivity contribution in [2.24, 2.45) is 0 Å². The number of aromatic nitrogens is 6. The minimum atomic E-state index is 0.697. The standard InChI is InChI=1S/C24H18N6S/c1-16-9-11-17(12-10-16)22-26-20-7-3-2-6-19(20)23-27-28-24(30(22)23)31-15-18-14-29-13-5-4-8-21(29)25-18/h2-14H,15H2,1H3. The molecule has 0 aliphatic rings. The summed E-state index contributed by atoms with van der Waals surface area (Å²) in [5, 5.41) is 10.8. The van der Waals surface area contributed by atoms with E-state index in [-0.39, 0.29) is 0 Å². The lowest BCUT2D eigenvalue weighted by Gasteiger charge is -2.09. The zero-order valence-corrected chi connectivity index (χ0v) is 17.6. The van der Waals surface area contributed by atoms with Crippen molar-refractivity contribution < 1.29 is 0 Å². The molecule has 4 heterocycles. The Labute approximate surface area is 182 Å². The first-order chi connectivity index (χ1) is 15.3. The highest BCUT2D eigenvalue weighted by Crippen LogP contribution is 2.30. The number of hydrogen-bond acceptors (Lipinski definition) is 5. The van der Waals surface area contributed by atoms with Gasteiger partial charge >= 0.3 is 0 Å². The molecule has 0 aliphatic heterocycles. The average Bonchev–Trinajstić information content (AvgIpc) is 3.42. The van der Waals surface area contributed by atoms with Gasteiger partial charge in [-0.3, -0.25) is 4.40 Å². The number of imidazole rings is 1. The Balaban J connectivity index is 1.48. The van der Waals surface area contributed by atoms with E-state index in [0.717, 1.165) is 44.4 Å². The van der Waals surface area contributed by atoms with Gasteiger partial charge in [0.15, 0.2) is 10.8 Å². The van der Waals surface area contributed by atoms with Crippen LogP contribution in [0, 0.1) is 6.92 Å². The molecule has 0 bridgehead atoms. The Bertz CT molecular complexity index is 1510.